The second-order valence-corrected chi connectivity index (χ2v) is 7.63. The Labute approximate surface area is 88.3 Å². The summed E-state index contributed by atoms with van der Waals surface area (Å²) in [4.78, 5) is 9.26. The van der Waals surface area contributed by atoms with E-state index in [0.717, 1.165) is 12.0 Å². The van der Waals surface area contributed by atoms with E-state index in [4.69, 9.17) is 4.52 Å². The van der Waals surface area contributed by atoms with E-state index in [1.807, 2.05) is 25.1 Å². The zero-order valence-corrected chi connectivity index (χ0v) is 9.78. The first-order chi connectivity index (χ1) is 6.03. The van der Waals surface area contributed by atoms with Crippen LogP contribution in [0.2, 0.25) is 0 Å². The van der Waals surface area contributed by atoms with Crippen LogP contribution in [0, 0.1) is 0 Å². The van der Waals surface area contributed by atoms with Crippen LogP contribution in [0.5, 0.6) is 5.75 Å². The van der Waals surface area contributed by atoms with Crippen LogP contribution < -0.4 is 4.52 Å². The van der Waals surface area contributed by atoms with E-state index >= 15 is 0 Å². The molecule has 5 heteroatoms. The summed E-state index contributed by atoms with van der Waals surface area (Å²) in [6.45, 7) is 2.02. The van der Waals surface area contributed by atoms with Crippen LogP contribution >= 0.6 is 17.9 Å². The lowest BCUT2D eigenvalue weighted by Gasteiger charge is -2.13. The van der Waals surface area contributed by atoms with Gasteiger partial charge < -0.3 is 9.42 Å². The van der Waals surface area contributed by atoms with Crippen molar-refractivity contribution >= 4 is 29.7 Å². The van der Waals surface area contributed by atoms with Crippen molar-refractivity contribution in [1.82, 2.24) is 0 Å². The minimum Gasteiger partial charge on any atom is -0.436 e. The molecule has 0 spiro atoms. The van der Waals surface area contributed by atoms with Gasteiger partial charge in [0, 0.05) is 0 Å². The number of para-hydroxylation sites is 1. The van der Waals surface area contributed by atoms with Crippen LogP contribution in [0.3, 0.4) is 0 Å². The largest absolute Gasteiger partial charge is 0.436 e. The molecule has 0 saturated heterocycles. The fourth-order valence-corrected chi connectivity index (χ4v) is 1.95. The fraction of sp³-hybridized carbons (Fsp3) is 0.250. The van der Waals surface area contributed by atoms with E-state index < -0.39 is 5.69 Å². The van der Waals surface area contributed by atoms with E-state index in [9.17, 15) is 4.89 Å². The average molecular weight is 234 g/mol. The first-order valence-corrected chi connectivity index (χ1v) is 7.68. The van der Waals surface area contributed by atoms with Gasteiger partial charge in [0.25, 0.3) is 5.69 Å². The zero-order chi connectivity index (χ0) is 9.90. The third-order valence-corrected chi connectivity index (χ3v) is 2.47. The van der Waals surface area contributed by atoms with Gasteiger partial charge in [0.15, 0.2) is 0 Å². The summed E-state index contributed by atoms with van der Waals surface area (Å²) < 4.78 is 5.17. The maximum atomic E-state index is 9.26. The van der Waals surface area contributed by atoms with Gasteiger partial charge in [-0.25, -0.2) is 0 Å². The first kappa shape index (κ1) is 11.1. The van der Waals surface area contributed by atoms with Crippen molar-refractivity contribution in [2.45, 2.75) is 13.3 Å². The molecule has 1 aromatic carbocycles. The van der Waals surface area contributed by atoms with Crippen LogP contribution in [-0.2, 0) is 18.2 Å². The number of hydrogen-bond acceptors (Lipinski definition) is 2. The minimum absolute atomic E-state index is 0.630. The Bertz CT molecular complexity index is 335. The Hall–Kier alpha value is -0.0200. The van der Waals surface area contributed by atoms with Crippen LogP contribution in [0.25, 0.3) is 0 Å². The van der Waals surface area contributed by atoms with Gasteiger partial charge in [-0.2, -0.15) is 0 Å². The molecule has 0 amide bonds. The van der Waals surface area contributed by atoms with Crippen LogP contribution in [0.1, 0.15) is 12.5 Å². The highest BCUT2D eigenvalue weighted by Gasteiger charge is 2.10. The molecular formula is C8H11O2PS2. The molecule has 0 aliphatic heterocycles. The predicted octanol–water partition coefficient (Wildman–Crippen LogP) is 2.77. The molecule has 1 N–H and O–H groups in total. The van der Waals surface area contributed by atoms with Crippen molar-refractivity contribution in [3.05, 3.63) is 29.8 Å². The number of thiol groups is 1. The van der Waals surface area contributed by atoms with Gasteiger partial charge in [-0.1, -0.05) is 37.4 Å². The molecule has 1 atom stereocenters. The van der Waals surface area contributed by atoms with Gasteiger partial charge in [-0.15, -0.1) is 0 Å². The summed E-state index contributed by atoms with van der Waals surface area (Å²) in [5.74, 6) is 0.630. The molecule has 0 radical (unpaired) electrons. The topological polar surface area (TPSA) is 29.5 Å². The SMILES string of the molecule is CCc1ccccc1OP(O)(=S)S. The molecule has 2 nitrogen and oxygen atoms in total. The number of aryl methyl sites for hydroxylation is 1. The third-order valence-electron chi connectivity index (χ3n) is 1.57. The molecule has 0 aromatic heterocycles. The molecule has 0 aliphatic carbocycles. The van der Waals surface area contributed by atoms with Crippen molar-refractivity contribution in [3.8, 4) is 5.75 Å². The Morgan fingerprint density at radius 3 is 2.69 bits per heavy atom. The van der Waals surface area contributed by atoms with E-state index in [2.05, 4.69) is 24.1 Å². The normalized spacial score (nSPS) is 15.0. The molecule has 1 unspecified atom stereocenters. The molecule has 1 rings (SSSR count). The summed E-state index contributed by atoms with van der Waals surface area (Å²) in [5, 5.41) is 0. The van der Waals surface area contributed by atoms with E-state index in [1.165, 1.54) is 0 Å². The van der Waals surface area contributed by atoms with Gasteiger partial charge in [-0.05, 0) is 29.9 Å². The third kappa shape index (κ3) is 3.69. The Morgan fingerprint density at radius 2 is 2.15 bits per heavy atom. The molecule has 0 aliphatic rings. The maximum Gasteiger partial charge on any atom is 0.291 e. The number of rotatable bonds is 3. The molecule has 0 fully saturated rings. The Balaban J connectivity index is 2.94. The molecule has 0 bridgehead atoms. The molecule has 72 valence electrons. The number of hydrogen-bond donors (Lipinski definition) is 2. The quantitative estimate of drug-likeness (QED) is 0.622. The standard InChI is InChI=1S/C8H11O2PS2/c1-2-7-5-3-4-6-8(7)10-11(9,12)13/h3-6H,2H2,1H3,(H2,9,12,13). The van der Waals surface area contributed by atoms with Crippen LogP contribution in [-0.4, -0.2) is 4.89 Å². The molecular weight excluding hydrogens is 223 g/mol. The minimum atomic E-state index is -2.90. The summed E-state index contributed by atoms with van der Waals surface area (Å²) in [5.41, 5.74) is -1.87. The smallest absolute Gasteiger partial charge is 0.291 e. The zero-order valence-electron chi connectivity index (χ0n) is 7.17. The second kappa shape index (κ2) is 4.47. The van der Waals surface area contributed by atoms with Gasteiger partial charge in [-0.3, -0.25) is 0 Å². The average Bonchev–Trinajstić information content (AvgIpc) is 2.02. The van der Waals surface area contributed by atoms with E-state index in [1.54, 1.807) is 6.07 Å². The van der Waals surface area contributed by atoms with E-state index in [0.29, 0.717) is 5.75 Å². The highest BCUT2D eigenvalue weighted by molar-refractivity contribution is 8.59. The lowest BCUT2D eigenvalue weighted by Crippen LogP contribution is -1.90. The first-order valence-electron chi connectivity index (χ1n) is 3.86. The molecule has 13 heavy (non-hydrogen) atoms. The van der Waals surface area contributed by atoms with Gasteiger partial charge in [0.05, 0.1) is 0 Å². The molecule has 0 heterocycles. The lowest BCUT2D eigenvalue weighted by atomic mass is 10.1. The predicted molar refractivity (Wildman–Crippen MR) is 61.9 cm³/mol. The van der Waals surface area contributed by atoms with Crippen LogP contribution in [0.4, 0.5) is 0 Å². The summed E-state index contributed by atoms with van der Waals surface area (Å²) in [7, 11) is 0. The van der Waals surface area contributed by atoms with Crippen LogP contribution in [0.15, 0.2) is 24.3 Å². The van der Waals surface area contributed by atoms with Crippen molar-refractivity contribution in [3.63, 3.8) is 0 Å². The Kier molecular flexibility index (Phi) is 3.80. The highest BCUT2D eigenvalue weighted by Crippen LogP contribution is 2.48. The fourth-order valence-electron chi connectivity index (χ4n) is 1.01. The van der Waals surface area contributed by atoms with Crippen molar-refractivity contribution in [2.24, 2.45) is 0 Å². The van der Waals surface area contributed by atoms with Crippen molar-refractivity contribution in [2.75, 3.05) is 0 Å². The number of benzene rings is 1. The summed E-state index contributed by atoms with van der Waals surface area (Å²) >= 11 is 8.49. The summed E-state index contributed by atoms with van der Waals surface area (Å²) in [6.07, 6.45) is 0.847. The van der Waals surface area contributed by atoms with Gasteiger partial charge >= 0.3 is 0 Å². The monoisotopic (exact) mass is 234 g/mol. The van der Waals surface area contributed by atoms with E-state index in [-0.39, 0.29) is 0 Å². The van der Waals surface area contributed by atoms with Gasteiger partial charge in [0.2, 0.25) is 0 Å². The molecule has 1 aromatic rings. The van der Waals surface area contributed by atoms with Gasteiger partial charge in [0.1, 0.15) is 5.75 Å². The highest BCUT2D eigenvalue weighted by atomic mass is 32.9. The van der Waals surface area contributed by atoms with Crippen molar-refractivity contribution < 1.29 is 9.42 Å². The van der Waals surface area contributed by atoms with Crippen molar-refractivity contribution in [1.29, 1.82) is 0 Å². The second-order valence-electron chi connectivity index (χ2n) is 2.54. The Morgan fingerprint density at radius 1 is 1.54 bits per heavy atom. The maximum absolute atomic E-state index is 9.26. The lowest BCUT2D eigenvalue weighted by molar-refractivity contribution is 0.501. The summed E-state index contributed by atoms with van der Waals surface area (Å²) in [6, 6.07) is 7.48. The molecule has 0 saturated carbocycles.